The molecule has 1 N–H and O–H groups in total. The maximum absolute atomic E-state index is 6.23. The summed E-state index contributed by atoms with van der Waals surface area (Å²) in [5.41, 5.74) is 1.11. The number of nitrogens with zero attached hydrogens (tertiary/aromatic N) is 1. The Balaban J connectivity index is 1.88. The van der Waals surface area contributed by atoms with Gasteiger partial charge in [0.25, 0.3) is 0 Å². The molecule has 0 radical (unpaired) electrons. The van der Waals surface area contributed by atoms with Crippen LogP contribution in [0.3, 0.4) is 0 Å². The molecule has 2 rings (SSSR count). The summed E-state index contributed by atoms with van der Waals surface area (Å²) in [6.45, 7) is 7.89. The second-order valence-corrected chi connectivity index (χ2v) is 6.23. The second kappa shape index (κ2) is 6.94. The molecule has 1 fully saturated rings. The Kier molecular flexibility index (Phi) is 5.52. The molecule has 0 bridgehead atoms. The molecule has 1 saturated heterocycles. The Morgan fingerprint density at radius 3 is 2.53 bits per heavy atom. The molecule has 4 heteroatoms. The number of likely N-dealkylation sites (tertiary alicyclic amines) is 1. The van der Waals surface area contributed by atoms with Gasteiger partial charge in [-0.15, -0.1) is 0 Å². The first-order chi connectivity index (χ1) is 9.08. The van der Waals surface area contributed by atoms with Crippen molar-refractivity contribution in [1.29, 1.82) is 0 Å². The average molecular weight is 301 g/mol. The Hall–Kier alpha value is -0.280. The number of hydrogen-bond donors (Lipinski definition) is 1. The van der Waals surface area contributed by atoms with Gasteiger partial charge in [-0.25, -0.2) is 0 Å². The van der Waals surface area contributed by atoms with E-state index in [1.807, 2.05) is 12.1 Å². The van der Waals surface area contributed by atoms with Gasteiger partial charge in [-0.05, 0) is 57.5 Å². The molecule has 1 aromatic rings. The van der Waals surface area contributed by atoms with Gasteiger partial charge in [0.2, 0.25) is 0 Å². The van der Waals surface area contributed by atoms with Gasteiger partial charge in [0.1, 0.15) is 0 Å². The quantitative estimate of drug-likeness (QED) is 0.879. The highest BCUT2D eigenvalue weighted by molar-refractivity contribution is 6.35. The van der Waals surface area contributed by atoms with Crippen LogP contribution in [0.1, 0.15) is 38.3 Å². The number of hydrogen-bond acceptors (Lipinski definition) is 2. The standard InChI is InChI=1S/C15H22Cl2N2/c1-11(19-7-3-4-8-19)10-18-12(2)14-6-5-13(16)9-15(14)17/h5-6,9,11-12,18H,3-4,7-8,10H2,1-2H3. The molecular weight excluding hydrogens is 279 g/mol. The highest BCUT2D eigenvalue weighted by Gasteiger charge is 2.18. The van der Waals surface area contributed by atoms with Crippen LogP contribution < -0.4 is 5.32 Å². The minimum absolute atomic E-state index is 0.245. The van der Waals surface area contributed by atoms with Gasteiger partial charge in [0.15, 0.2) is 0 Å². The summed E-state index contributed by atoms with van der Waals surface area (Å²) in [4.78, 5) is 2.54. The Morgan fingerprint density at radius 1 is 1.21 bits per heavy atom. The first-order valence-electron chi connectivity index (χ1n) is 7.00. The summed E-state index contributed by atoms with van der Waals surface area (Å²) in [6.07, 6.45) is 2.67. The molecule has 0 saturated carbocycles. The van der Waals surface area contributed by atoms with Crippen molar-refractivity contribution in [3.05, 3.63) is 33.8 Å². The van der Waals surface area contributed by atoms with Crippen molar-refractivity contribution in [3.63, 3.8) is 0 Å². The second-order valence-electron chi connectivity index (χ2n) is 5.39. The van der Waals surface area contributed by atoms with E-state index < -0.39 is 0 Å². The van der Waals surface area contributed by atoms with Crippen molar-refractivity contribution < 1.29 is 0 Å². The summed E-state index contributed by atoms with van der Waals surface area (Å²) < 4.78 is 0. The van der Waals surface area contributed by atoms with E-state index >= 15 is 0 Å². The van der Waals surface area contributed by atoms with E-state index in [2.05, 4.69) is 24.1 Å². The predicted octanol–water partition coefficient (Wildman–Crippen LogP) is 4.13. The average Bonchev–Trinajstić information content (AvgIpc) is 2.89. The van der Waals surface area contributed by atoms with E-state index in [0.29, 0.717) is 11.1 Å². The summed E-state index contributed by atoms with van der Waals surface area (Å²) in [7, 11) is 0. The number of nitrogens with one attached hydrogen (secondary N) is 1. The fourth-order valence-electron chi connectivity index (χ4n) is 2.62. The van der Waals surface area contributed by atoms with Crippen molar-refractivity contribution in [1.82, 2.24) is 10.2 Å². The number of benzene rings is 1. The van der Waals surface area contributed by atoms with E-state index in [4.69, 9.17) is 23.2 Å². The van der Waals surface area contributed by atoms with Crippen molar-refractivity contribution in [2.75, 3.05) is 19.6 Å². The number of halogens is 2. The van der Waals surface area contributed by atoms with Crippen LogP contribution in [0.25, 0.3) is 0 Å². The van der Waals surface area contributed by atoms with Crippen LogP contribution in [0.15, 0.2) is 18.2 Å². The lowest BCUT2D eigenvalue weighted by Gasteiger charge is -2.26. The van der Waals surface area contributed by atoms with E-state index in [1.54, 1.807) is 6.07 Å². The van der Waals surface area contributed by atoms with Crippen LogP contribution in [0, 0.1) is 0 Å². The first-order valence-corrected chi connectivity index (χ1v) is 7.76. The molecule has 1 aliphatic heterocycles. The minimum atomic E-state index is 0.245. The van der Waals surface area contributed by atoms with Crippen LogP contribution in [-0.2, 0) is 0 Å². The van der Waals surface area contributed by atoms with Crippen LogP contribution in [-0.4, -0.2) is 30.6 Å². The summed E-state index contributed by atoms with van der Waals surface area (Å²) >= 11 is 12.2. The van der Waals surface area contributed by atoms with Gasteiger partial charge in [-0.3, -0.25) is 4.90 Å². The van der Waals surface area contributed by atoms with Crippen molar-refractivity contribution in [3.8, 4) is 0 Å². The smallest absolute Gasteiger partial charge is 0.0468 e. The first kappa shape index (κ1) is 15.1. The van der Waals surface area contributed by atoms with Gasteiger partial charge in [0, 0.05) is 28.7 Å². The molecule has 1 heterocycles. The maximum atomic E-state index is 6.23. The zero-order valence-electron chi connectivity index (χ0n) is 11.6. The lowest BCUT2D eigenvalue weighted by molar-refractivity contribution is 0.247. The van der Waals surface area contributed by atoms with Gasteiger partial charge < -0.3 is 5.32 Å². The van der Waals surface area contributed by atoms with Crippen molar-refractivity contribution in [2.45, 2.75) is 38.8 Å². The molecule has 0 aliphatic carbocycles. The van der Waals surface area contributed by atoms with Crippen molar-refractivity contribution in [2.24, 2.45) is 0 Å². The summed E-state index contributed by atoms with van der Waals surface area (Å²) in [5.74, 6) is 0. The van der Waals surface area contributed by atoms with Gasteiger partial charge in [0.05, 0.1) is 0 Å². The highest BCUT2D eigenvalue weighted by Crippen LogP contribution is 2.26. The van der Waals surface area contributed by atoms with Crippen LogP contribution in [0.4, 0.5) is 0 Å². The van der Waals surface area contributed by atoms with E-state index in [1.165, 1.54) is 25.9 Å². The van der Waals surface area contributed by atoms with Gasteiger partial charge >= 0.3 is 0 Å². The zero-order valence-corrected chi connectivity index (χ0v) is 13.1. The molecule has 2 unspecified atom stereocenters. The molecule has 2 nitrogen and oxygen atoms in total. The van der Waals surface area contributed by atoms with E-state index in [-0.39, 0.29) is 6.04 Å². The minimum Gasteiger partial charge on any atom is -0.309 e. The van der Waals surface area contributed by atoms with Gasteiger partial charge in [-0.1, -0.05) is 29.3 Å². The number of rotatable bonds is 5. The van der Waals surface area contributed by atoms with Crippen molar-refractivity contribution >= 4 is 23.2 Å². The Morgan fingerprint density at radius 2 is 1.89 bits per heavy atom. The Bertz CT molecular complexity index is 417. The molecule has 0 spiro atoms. The summed E-state index contributed by atoms with van der Waals surface area (Å²) in [5, 5.41) is 4.99. The Labute approximate surface area is 126 Å². The fourth-order valence-corrected chi connectivity index (χ4v) is 3.19. The third-order valence-electron chi connectivity index (χ3n) is 3.91. The molecule has 1 aliphatic rings. The van der Waals surface area contributed by atoms with Crippen LogP contribution >= 0.6 is 23.2 Å². The molecule has 19 heavy (non-hydrogen) atoms. The predicted molar refractivity (Wildman–Crippen MR) is 83.1 cm³/mol. The molecule has 0 aromatic heterocycles. The third-order valence-corrected chi connectivity index (χ3v) is 4.47. The van der Waals surface area contributed by atoms with Crippen LogP contribution in [0.2, 0.25) is 10.0 Å². The molecular formula is C15H22Cl2N2. The SMILES string of the molecule is CC(NCC(C)N1CCCC1)c1ccc(Cl)cc1Cl. The highest BCUT2D eigenvalue weighted by atomic mass is 35.5. The molecule has 2 atom stereocenters. The molecule has 106 valence electrons. The van der Waals surface area contributed by atoms with E-state index in [9.17, 15) is 0 Å². The lowest BCUT2D eigenvalue weighted by Crippen LogP contribution is -2.39. The molecule has 0 amide bonds. The van der Waals surface area contributed by atoms with Gasteiger partial charge in [-0.2, -0.15) is 0 Å². The molecule has 1 aromatic carbocycles. The van der Waals surface area contributed by atoms with E-state index in [0.717, 1.165) is 17.1 Å². The zero-order chi connectivity index (χ0) is 13.8. The largest absolute Gasteiger partial charge is 0.309 e. The van der Waals surface area contributed by atoms with Crippen LogP contribution in [0.5, 0.6) is 0 Å². The summed E-state index contributed by atoms with van der Waals surface area (Å²) in [6, 6.07) is 6.53. The third kappa shape index (κ3) is 4.09. The lowest BCUT2D eigenvalue weighted by atomic mass is 10.1. The topological polar surface area (TPSA) is 15.3 Å². The normalized spacial score (nSPS) is 19.6. The maximum Gasteiger partial charge on any atom is 0.0468 e. The fraction of sp³-hybridized carbons (Fsp3) is 0.600. The monoisotopic (exact) mass is 300 g/mol.